The van der Waals surface area contributed by atoms with Gasteiger partial charge in [-0.25, -0.2) is 15.0 Å². The summed E-state index contributed by atoms with van der Waals surface area (Å²) in [7, 11) is 0. The average Bonchev–Trinajstić information content (AvgIpc) is 2.98. The number of aromatic nitrogens is 4. The molecule has 3 aromatic heterocycles. The SMILES string of the molecule is Cc1cc(-c2cnc3sc(N)nc3c2)cc2c1OCCN(c1nc(N)nc(Cl)c1C(C)C)C2. The van der Waals surface area contributed by atoms with Crippen LogP contribution in [-0.4, -0.2) is 33.1 Å². The summed E-state index contributed by atoms with van der Waals surface area (Å²) in [4.78, 5) is 20.6. The van der Waals surface area contributed by atoms with Crippen LogP contribution in [0.2, 0.25) is 5.15 Å². The summed E-state index contributed by atoms with van der Waals surface area (Å²) in [6.07, 6.45) is 1.86. The molecule has 0 radical (unpaired) electrons. The van der Waals surface area contributed by atoms with E-state index in [-0.39, 0.29) is 11.9 Å². The van der Waals surface area contributed by atoms with Crippen LogP contribution < -0.4 is 21.1 Å². The van der Waals surface area contributed by atoms with Crippen LogP contribution in [0.4, 0.5) is 16.9 Å². The molecule has 0 unspecified atom stereocenters. The molecule has 0 fully saturated rings. The fourth-order valence-corrected chi connectivity index (χ4v) is 5.29. The van der Waals surface area contributed by atoms with E-state index in [2.05, 4.69) is 57.7 Å². The van der Waals surface area contributed by atoms with E-state index >= 15 is 0 Å². The van der Waals surface area contributed by atoms with Gasteiger partial charge in [0, 0.05) is 29.4 Å². The van der Waals surface area contributed by atoms with Gasteiger partial charge in [0.05, 0.1) is 6.54 Å². The number of halogens is 1. The minimum absolute atomic E-state index is 0.146. The zero-order chi connectivity index (χ0) is 23.3. The van der Waals surface area contributed by atoms with Gasteiger partial charge in [-0.2, -0.15) is 4.98 Å². The molecule has 170 valence electrons. The van der Waals surface area contributed by atoms with Crippen LogP contribution in [0.3, 0.4) is 0 Å². The summed E-state index contributed by atoms with van der Waals surface area (Å²) in [6, 6.07) is 6.28. The third-order valence-corrected chi connectivity index (χ3v) is 6.79. The Balaban J connectivity index is 1.58. The van der Waals surface area contributed by atoms with E-state index < -0.39 is 0 Å². The molecule has 4 N–H and O–H groups in total. The number of aryl methyl sites for hydroxylation is 1. The van der Waals surface area contributed by atoms with E-state index in [1.54, 1.807) is 0 Å². The van der Waals surface area contributed by atoms with Crippen molar-refractivity contribution in [2.24, 2.45) is 0 Å². The Morgan fingerprint density at radius 3 is 2.73 bits per heavy atom. The molecule has 0 aliphatic carbocycles. The number of nitrogens with two attached hydrogens (primary N) is 2. The van der Waals surface area contributed by atoms with E-state index in [4.69, 9.17) is 27.8 Å². The molecule has 33 heavy (non-hydrogen) atoms. The fourth-order valence-electron chi connectivity index (χ4n) is 4.24. The maximum atomic E-state index is 6.46. The first kappa shape index (κ1) is 21.7. The molecule has 0 amide bonds. The molecule has 1 aliphatic rings. The van der Waals surface area contributed by atoms with Gasteiger partial charge in [-0.05, 0) is 42.2 Å². The fraction of sp³-hybridized carbons (Fsp3) is 0.304. The Morgan fingerprint density at radius 1 is 1.12 bits per heavy atom. The second-order valence-electron chi connectivity index (χ2n) is 8.42. The van der Waals surface area contributed by atoms with Crippen LogP contribution in [0, 0.1) is 6.92 Å². The quantitative estimate of drug-likeness (QED) is 0.401. The van der Waals surface area contributed by atoms with E-state index in [1.165, 1.54) is 11.3 Å². The molecule has 1 aromatic carbocycles. The van der Waals surface area contributed by atoms with Crippen molar-refractivity contribution in [2.45, 2.75) is 33.2 Å². The number of hydrogen-bond acceptors (Lipinski definition) is 9. The van der Waals surface area contributed by atoms with Crippen molar-refractivity contribution in [3.8, 4) is 16.9 Å². The number of nitrogen functional groups attached to an aromatic ring is 2. The normalized spacial score (nSPS) is 13.8. The predicted octanol–water partition coefficient (Wildman–Crippen LogP) is 4.80. The van der Waals surface area contributed by atoms with Gasteiger partial charge in [0.15, 0.2) is 5.13 Å². The minimum Gasteiger partial charge on any atom is -0.491 e. The van der Waals surface area contributed by atoms with Gasteiger partial charge in [0.1, 0.15) is 33.7 Å². The summed E-state index contributed by atoms with van der Waals surface area (Å²) in [5, 5.41) is 0.908. The maximum Gasteiger partial charge on any atom is 0.223 e. The standard InChI is InChI=1S/C23H24ClN7OS/c1-11(2)17-19(24)29-22(25)30-20(17)31-4-5-32-18-12(3)6-13(7-15(18)10-31)14-8-16-21(27-9-14)33-23(26)28-16/h6-9,11H,4-5,10H2,1-3H3,(H2,26,28)(H2,25,29,30). The molecule has 4 aromatic rings. The predicted molar refractivity (Wildman–Crippen MR) is 134 cm³/mol. The molecule has 0 atom stereocenters. The average molecular weight is 482 g/mol. The van der Waals surface area contributed by atoms with Gasteiger partial charge in [-0.3, -0.25) is 0 Å². The summed E-state index contributed by atoms with van der Waals surface area (Å²) in [6.45, 7) is 7.99. The highest BCUT2D eigenvalue weighted by Gasteiger charge is 2.25. The Labute approximate surface area is 200 Å². The molecule has 8 nitrogen and oxygen atoms in total. The summed E-state index contributed by atoms with van der Waals surface area (Å²) < 4.78 is 6.16. The lowest BCUT2D eigenvalue weighted by molar-refractivity contribution is 0.329. The number of anilines is 3. The van der Waals surface area contributed by atoms with E-state index in [0.29, 0.717) is 30.0 Å². The van der Waals surface area contributed by atoms with Gasteiger partial charge in [-0.1, -0.05) is 36.8 Å². The zero-order valence-electron chi connectivity index (χ0n) is 18.6. The first-order valence-corrected chi connectivity index (χ1v) is 11.9. The van der Waals surface area contributed by atoms with E-state index in [0.717, 1.165) is 49.7 Å². The van der Waals surface area contributed by atoms with Crippen molar-refractivity contribution < 1.29 is 4.74 Å². The van der Waals surface area contributed by atoms with E-state index in [9.17, 15) is 0 Å². The molecular formula is C23H24ClN7OS. The summed E-state index contributed by atoms with van der Waals surface area (Å²) in [5.74, 6) is 1.96. The van der Waals surface area contributed by atoms with Crippen LogP contribution in [0.25, 0.3) is 21.5 Å². The van der Waals surface area contributed by atoms with Crippen molar-refractivity contribution in [3.63, 3.8) is 0 Å². The first-order valence-electron chi connectivity index (χ1n) is 10.7. The van der Waals surface area contributed by atoms with Gasteiger partial charge in [0.2, 0.25) is 5.95 Å². The van der Waals surface area contributed by atoms with Gasteiger partial charge in [0.25, 0.3) is 0 Å². The van der Waals surface area contributed by atoms with Crippen LogP contribution in [0.15, 0.2) is 24.4 Å². The molecule has 10 heteroatoms. The number of fused-ring (bicyclic) bond motifs is 2. The molecule has 0 saturated carbocycles. The molecule has 0 bridgehead atoms. The number of hydrogen-bond donors (Lipinski definition) is 2. The first-order chi connectivity index (χ1) is 15.8. The van der Waals surface area contributed by atoms with Crippen molar-refractivity contribution in [1.82, 2.24) is 19.9 Å². The molecule has 4 heterocycles. The van der Waals surface area contributed by atoms with Crippen molar-refractivity contribution in [2.75, 3.05) is 29.5 Å². The number of thiazole rings is 1. The molecular weight excluding hydrogens is 458 g/mol. The van der Waals surface area contributed by atoms with Gasteiger partial charge < -0.3 is 21.1 Å². The Hall–Kier alpha value is -3.17. The van der Waals surface area contributed by atoms with Gasteiger partial charge in [-0.15, -0.1) is 0 Å². The second kappa shape index (κ2) is 8.31. The lowest BCUT2D eigenvalue weighted by Gasteiger charge is -2.25. The summed E-state index contributed by atoms with van der Waals surface area (Å²) >= 11 is 7.84. The zero-order valence-corrected chi connectivity index (χ0v) is 20.2. The third-order valence-electron chi connectivity index (χ3n) is 5.69. The van der Waals surface area contributed by atoms with Gasteiger partial charge >= 0.3 is 0 Å². The van der Waals surface area contributed by atoms with E-state index in [1.807, 2.05) is 12.3 Å². The molecule has 0 saturated heterocycles. The molecule has 5 rings (SSSR count). The highest BCUT2D eigenvalue weighted by Crippen LogP contribution is 2.37. The number of rotatable bonds is 3. The van der Waals surface area contributed by atoms with Crippen molar-refractivity contribution in [3.05, 3.63) is 46.2 Å². The topological polar surface area (TPSA) is 116 Å². The monoisotopic (exact) mass is 481 g/mol. The van der Waals surface area contributed by atoms with Crippen LogP contribution in [0.5, 0.6) is 5.75 Å². The highest BCUT2D eigenvalue weighted by atomic mass is 35.5. The number of pyridine rings is 1. The second-order valence-corrected chi connectivity index (χ2v) is 9.78. The minimum atomic E-state index is 0.146. The largest absolute Gasteiger partial charge is 0.491 e. The van der Waals surface area contributed by atoms with Crippen molar-refractivity contribution in [1.29, 1.82) is 0 Å². The number of nitrogens with zero attached hydrogens (tertiary/aromatic N) is 5. The Bertz CT molecular complexity index is 1370. The Morgan fingerprint density at radius 2 is 1.94 bits per heavy atom. The van der Waals surface area contributed by atoms with Crippen molar-refractivity contribution >= 4 is 50.2 Å². The highest BCUT2D eigenvalue weighted by molar-refractivity contribution is 7.21. The lowest BCUT2D eigenvalue weighted by atomic mass is 9.99. The molecule has 0 spiro atoms. The lowest BCUT2D eigenvalue weighted by Crippen LogP contribution is -2.28. The third kappa shape index (κ3) is 4.02. The van der Waals surface area contributed by atoms with Crippen LogP contribution >= 0.6 is 22.9 Å². The smallest absolute Gasteiger partial charge is 0.223 e. The van der Waals surface area contributed by atoms with Crippen LogP contribution in [0.1, 0.15) is 36.5 Å². The summed E-state index contributed by atoms with van der Waals surface area (Å²) in [5.41, 5.74) is 17.6. The number of ether oxygens (including phenoxy) is 1. The Kier molecular flexibility index (Phi) is 5.46. The molecule has 1 aliphatic heterocycles. The van der Waals surface area contributed by atoms with Crippen LogP contribution in [-0.2, 0) is 6.54 Å². The number of benzene rings is 1. The maximum absolute atomic E-state index is 6.46.